The van der Waals surface area contributed by atoms with Gasteiger partial charge in [-0.1, -0.05) is 34.1 Å². The van der Waals surface area contributed by atoms with Crippen LogP contribution in [0.3, 0.4) is 0 Å². The maximum absolute atomic E-state index is 11.3. The number of nitrogens with one attached hydrogen (secondary N) is 1. The highest BCUT2D eigenvalue weighted by atomic mass is 79.9. The molecule has 0 saturated heterocycles. The van der Waals surface area contributed by atoms with Gasteiger partial charge in [0, 0.05) is 16.0 Å². The summed E-state index contributed by atoms with van der Waals surface area (Å²) in [5.74, 6) is 0.410. The molecule has 86 valence electrons. The number of rotatable bonds is 5. The van der Waals surface area contributed by atoms with E-state index in [-0.39, 0.29) is 12.5 Å². The molecule has 16 heavy (non-hydrogen) atoms. The van der Waals surface area contributed by atoms with Crippen LogP contribution in [-0.2, 0) is 4.79 Å². The number of halogens is 2. The molecule has 0 aliphatic rings. The molecule has 0 unspecified atom stereocenters. The van der Waals surface area contributed by atoms with Crippen LogP contribution in [0.2, 0.25) is 5.02 Å². The Labute approximate surface area is 108 Å². The molecule has 0 fully saturated rings. The average molecular weight is 305 g/mol. The van der Waals surface area contributed by atoms with Gasteiger partial charge in [-0.25, -0.2) is 0 Å². The lowest BCUT2D eigenvalue weighted by Gasteiger charge is -2.06. The number of hydrogen-bond acceptors (Lipinski definition) is 2. The van der Waals surface area contributed by atoms with Gasteiger partial charge in [0.05, 0.1) is 0 Å². The second kappa shape index (κ2) is 6.55. The zero-order chi connectivity index (χ0) is 12.0. The predicted molar refractivity (Wildman–Crippen MR) is 68.0 cm³/mol. The van der Waals surface area contributed by atoms with Gasteiger partial charge in [0.2, 0.25) is 0 Å². The Morgan fingerprint density at radius 1 is 1.44 bits per heavy atom. The van der Waals surface area contributed by atoms with Crippen LogP contribution in [0.5, 0.6) is 5.75 Å². The summed E-state index contributed by atoms with van der Waals surface area (Å²) >= 11 is 8.85. The first-order chi connectivity index (χ1) is 7.58. The van der Waals surface area contributed by atoms with Gasteiger partial charge in [-0.2, -0.15) is 0 Å². The van der Waals surface area contributed by atoms with E-state index in [4.69, 9.17) is 16.3 Å². The highest BCUT2D eigenvalue weighted by Crippen LogP contribution is 2.15. The minimum atomic E-state index is -0.199. The third-order valence-electron chi connectivity index (χ3n) is 1.66. The van der Waals surface area contributed by atoms with Gasteiger partial charge < -0.3 is 10.1 Å². The molecule has 0 aromatic heterocycles. The van der Waals surface area contributed by atoms with Crippen LogP contribution in [0.15, 0.2) is 35.3 Å². The highest BCUT2D eigenvalue weighted by Gasteiger charge is 2.02. The first-order valence-electron chi connectivity index (χ1n) is 4.56. The van der Waals surface area contributed by atoms with Crippen LogP contribution >= 0.6 is 27.5 Å². The maximum atomic E-state index is 11.3. The molecule has 0 saturated carbocycles. The van der Waals surface area contributed by atoms with Crippen molar-refractivity contribution >= 4 is 33.4 Å². The molecule has 1 rings (SSSR count). The Kier molecular flexibility index (Phi) is 5.35. The molecular formula is C11H11BrClNO2. The average Bonchev–Trinajstić information content (AvgIpc) is 2.25. The van der Waals surface area contributed by atoms with Gasteiger partial charge in [0.25, 0.3) is 5.91 Å². The van der Waals surface area contributed by atoms with Gasteiger partial charge >= 0.3 is 0 Å². The molecular weight excluding hydrogens is 293 g/mol. The fourth-order valence-electron chi connectivity index (χ4n) is 0.925. The first-order valence-corrected chi connectivity index (χ1v) is 5.73. The predicted octanol–water partition coefficient (Wildman–Crippen LogP) is 2.74. The molecule has 0 aliphatic carbocycles. The number of carbonyl (C=O) groups is 1. The zero-order valence-corrected chi connectivity index (χ0v) is 10.8. The van der Waals surface area contributed by atoms with E-state index in [1.165, 1.54) is 0 Å². The van der Waals surface area contributed by atoms with Crippen molar-refractivity contribution < 1.29 is 9.53 Å². The fourth-order valence-corrected chi connectivity index (χ4v) is 1.19. The summed E-state index contributed by atoms with van der Waals surface area (Å²) in [5.41, 5.74) is 0. The number of ether oxygens (including phenoxy) is 1. The molecule has 0 heterocycles. The van der Waals surface area contributed by atoms with Crippen molar-refractivity contribution in [3.63, 3.8) is 0 Å². The fraction of sp³-hybridized carbons (Fsp3) is 0.182. The minimum Gasteiger partial charge on any atom is -0.484 e. The van der Waals surface area contributed by atoms with Crippen molar-refractivity contribution in [2.24, 2.45) is 0 Å². The molecule has 0 bridgehead atoms. The standard InChI is InChI=1S/C11H11BrClNO2/c1-8(12)6-14-11(15)7-16-10-4-2-9(13)3-5-10/h2-5H,1,6-7H2,(H,14,15). The van der Waals surface area contributed by atoms with E-state index in [1.807, 2.05) is 0 Å². The van der Waals surface area contributed by atoms with E-state index < -0.39 is 0 Å². The molecule has 1 aromatic carbocycles. The summed E-state index contributed by atoms with van der Waals surface area (Å²) < 4.78 is 5.95. The zero-order valence-electron chi connectivity index (χ0n) is 8.50. The lowest BCUT2D eigenvalue weighted by Crippen LogP contribution is -2.29. The van der Waals surface area contributed by atoms with Gasteiger partial charge in [0.1, 0.15) is 5.75 Å². The quantitative estimate of drug-likeness (QED) is 0.908. The maximum Gasteiger partial charge on any atom is 0.258 e. The minimum absolute atomic E-state index is 0.0259. The van der Waals surface area contributed by atoms with Crippen LogP contribution in [0.1, 0.15) is 0 Å². The van der Waals surface area contributed by atoms with Gasteiger partial charge in [-0.15, -0.1) is 0 Å². The second-order valence-electron chi connectivity index (χ2n) is 3.04. The molecule has 5 heteroatoms. The largest absolute Gasteiger partial charge is 0.484 e. The lowest BCUT2D eigenvalue weighted by molar-refractivity contribution is -0.122. The van der Waals surface area contributed by atoms with Crippen LogP contribution in [0.25, 0.3) is 0 Å². The van der Waals surface area contributed by atoms with Gasteiger partial charge in [-0.05, 0) is 24.3 Å². The Morgan fingerprint density at radius 2 is 2.06 bits per heavy atom. The highest BCUT2D eigenvalue weighted by molar-refractivity contribution is 9.11. The first kappa shape index (κ1) is 13.1. The topological polar surface area (TPSA) is 38.3 Å². The Morgan fingerprint density at radius 3 is 2.62 bits per heavy atom. The number of amides is 1. The number of carbonyl (C=O) groups excluding carboxylic acids is 1. The van der Waals surface area contributed by atoms with Crippen molar-refractivity contribution in [1.29, 1.82) is 0 Å². The van der Waals surface area contributed by atoms with Crippen molar-refractivity contribution in [2.45, 2.75) is 0 Å². The normalized spacial score (nSPS) is 9.62. The third-order valence-corrected chi connectivity index (χ3v) is 2.19. The summed E-state index contributed by atoms with van der Waals surface area (Å²) in [4.78, 5) is 11.3. The second-order valence-corrected chi connectivity index (χ2v) is 4.59. The monoisotopic (exact) mass is 303 g/mol. The van der Waals surface area contributed by atoms with E-state index in [2.05, 4.69) is 27.8 Å². The molecule has 0 aliphatic heterocycles. The third kappa shape index (κ3) is 5.19. The van der Waals surface area contributed by atoms with Crippen molar-refractivity contribution in [3.05, 3.63) is 40.3 Å². The van der Waals surface area contributed by atoms with Crippen LogP contribution in [0.4, 0.5) is 0 Å². The van der Waals surface area contributed by atoms with Crippen LogP contribution < -0.4 is 10.1 Å². The van der Waals surface area contributed by atoms with E-state index in [9.17, 15) is 4.79 Å². The van der Waals surface area contributed by atoms with Crippen molar-refractivity contribution in [3.8, 4) is 5.75 Å². The van der Waals surface area contributed by atoms with Crippen LogP contribution in [0, 0.1) is 0 Å². The van der Waals surface area contributed by atoms with Crippen molar-refractivity contribution in [2.75, 3.05) is 13.2 Å². The molecule has 0 atom stereocenters. The molecule has 1 N–H and O–H groups in total. The number of hydrogen-bond donors (Lipinski definition) is 1. The smallest absolute Gasteiger partial charge is 0.258 e. The van der Waals surface area contributed by atoms with Crippen LogP contribution in [-0.4, -0.2) is 19.1 Å². The molecule has 1 aromatic rings. The lowest BCUT2D eigenvalue weighted by atomic mass is 10.3. The summed E-state index contributed by atoms with van der Waals surface area (Å²) in [5, 5.41) is 3.26. The van der Waals surface area contributed by atoms with Crippen molar-refractivity contribution in [1.82, 2.24) is 5.32 Å². The van der Waals surface area contributed by atoms with E-state index >= 15 is 0 Å². The summed E-state index contributed by atoms with van der Waals surface area (Å²) in [7, 11) is 0. The Bertz CT molecular complexity index is 378. The Hall–Kier alpha value is -1.00. The summed E-state index contributed by atoms with van der Waals surface area (Å²) in [6.45, 7) is 3.97. The SMILES string of the molecule is C=C(Br)CNC(=O)COc1ccc(Cl)cc1. The Balaban J connectivity index is 2.31. The summed E-state index contributed by atoms with van der Waals surface area (Å²) in [6, 6.07) is 6.82. The molecule has 0 spiro atoms. The number of benzene rings is 1. The summed E-state index contributed by atoms with van der Waals surface area (Å²) in [6.07, 6.45) is 0. The van der Waals surface area contributed by atoms with Gasteiger partial charge in [-0.3, -0.25) is 4.79 Å². The van der Waals surface area contributed by atoms with E-state index in [0.29, 0.717) is 21.8 Å². The molecule has 3 nitrogen and oxygen atoms in total. The molecule has 1 amide bonds. The molecule has 0 radical (unpaired) electrons. The van der Waals surface area contributed by atoms with E-state index in [1.54, 1.807) is 24.3 Å². The van der Waals surface area contributed by atoms with Gasteiger partial charge in [0.15, 0.2) is 6.61 Å². The van der Waals surface area contributed by atoms with E-state index in [0.717, 1.165) is 0 Å².